The van der Waals surface area contributed by atoms with Gasteiger partial charge >= 0.3 is 0 Å². The van der Waals surface area contributed by atoms with Gasteiger partial charge in [-0.25, -0.2) is 8.42 Å². The van der Waals surface area contributed by atoms with E-state index in [9.17, 15) is 13.7 Å². The number of hydrogen-bond donors (Lipinski definition) is 1. The monoisotopic (exact) mass is 280 g/mol. The van der Waals surface area contributed by atoms with Gasteiger partial charge in [-0.1, -0.05) is 12.8 Å². The third kappa shape index (κ3) is 2.88. The average Bonchev–Trinajstić information content (AvgIpc) is 2.87. The number of nitrogens with one attached hydrogen (secondary N) is 1. The topological polar surface area (TPSA) is 79.2 Å². The highest BCUT2D eigenvalue weighted by molar-refractivity contribution is 7.89. The molecule has 1 aromatic carbocycles. The van der Waals surface area contributed by atoms with Gasteiger partial charge in [-0.05, 0) is 37.1 Å². The molecule has 0 radical (unpaired) electrons. The lowest BCUT2D eigenvalue weighted by molar-refractivity contribution is 0.414. The molecule has 1 aliphatic rings. The van der Waals surface area contributed by atoms with E-state index in [2.05, 4.69) is 10.8 Å². The minimum absolute atomic E-state index is 0.148. The van der Waals surface area contributed by atoms with Crippen LogP contribution in [-0.2, 0) is 10.0 Å². The van der Waals surface area contributed by atoms with Gasteiger partial charge in [0.05, 0.1) is 18.1 Å². The van der Waals surface area contributed by atoms with Gasteiger partial charge in [0.2, 0.25) is 10.0 Å². The van der Waals surface area contributed by atoms with Gasteiger partial charge in [-0.3, -0.25) is 0 Å². The third-order valence-electron chi connectivity index (χ3n) is 3.37. The number of methoxy groups -OCH3 is 1. The Labute approximate surface area is 113 Å². The standard InChI is InChI=1S/C13H16N2O3S/c1-18-11-4-6-12(7-5-11)19(16,17)15-13(10-14)8-2-3-9-13/h4-7,15H,2-3,8-9H2,1H3. The van der Waals surface area contributed by atoms with Crippen molar-refractivity contribution in [2.45, 2.75) is 36.1 Å². The number of hydrogen-bond acceptors (Lipinski definition) is 4. The number of nitrogens with zero attached hydrogens (tertiary/aromatic N) is 1. The lowest BCUT2D eigenvalue weighted by atomic mass is 10.0. The fourth-order valence-electron chi connectivity index (χ4n) is 2.29. The van der Waals surface area contributed by atoms with Crippen molar-refractivity contribution in [3.05, 3.63) is 24.3 Å². The molecule has 0 unspecified atom stereocenters. The van der Waals surface area contributed by atoms with Gasteiger partial charge in [0, 0.05) is 0 Å². The second kappa shape index (κ2) is 5.19. The Bertz CT molecular complexity index is 581. The molecule has 102 valence electrons. The normalized spacial score (nSPS) is 17.9. The Morgan fingerprint density at radius 3 is 2.32 bits per heavy atom. The predicted molar refractivity (Wildman–Crippen MR) is 70.1 cm³/mol. The largest absolute Gasteiger partial charge is 0.497 e. The molecule has 1 saturated carbocycles. The maximum atomic E-state index is 12.2. The maximum absolute atomic E-state index is 12.2. The quantitative estimate of drug-likeness (QED) is 0.912. The van der Waals surface area contributed by atoms with Gasteiger partial charge in [0.25, 0.3) is 0 Å². The van der Waals surface area contributed by atoms with Crippen molar-refractivity contribution < 1.29 is 13.2 Å². The molecule has 0 atom stereocenters. The van der Waals surface area contributed by atoms with Crippen molar-refractivity contribution in [3.63, 3.8) is 0 Å². The fourth-order valence-corrected chi connectivity index (χ4v) is 3.66. The summed E-state index contributed by atoms with van der Waals surface area (Å²) in [4.78, 5) is 0.148. The zero-order valence-electron chi connectivity index (χ0n) is 10.7. The molecule has 0 amide bonds. The lowest BCUT2D eigenvalue weighted by Gasteiger charge is -2.21. The van der Waals surface area contributed by atoms with E-state index < -0.39 is 15.6 Å². The first-order valence-corrected chi connectivity index (χ1v) is 7.59. The van der Waals surface area contributed by atoms with Crippen molar-refractivity contribution >= 4 is 10.0 Å². The van der Waals surface area contributed by atoms with Crippen LogP contribution >= 0.6 is 0 Å². The molecule has 0 aromatic heterocycles. The number of sulfonamides is 1. The molecule has 0 saturated heterocycles. The summed E-state index contributed by atoms with van der Waals surface area (Å²) >= 11 is 0. The van der Waals surface area contributed by atoms with E-state index in [4.69, 9.17) is 4.74 Å². The molecule has 19 heavy (non-hydrogen) atoms. The van der Waals surface area contributed by atoms with Gasteiger partial charge in [-0.15, -0.1) is 0 Å². The van der Waals surface area contributed by atoms with Gasteiger partial charge < -0.3 is 4.74 Å². The summed E-state index contributed by atoms with van der Waals surface area (Å²) in [7, 11) is -2.15. The van der Waals surface area contributed by atoms with E-state index in [1.807, 2.05) is 0 Å². The summed E-state index contributed by atoms with van der Waals surface area (Å²) in [5.41, 5.74) is -0.946. The van der Waals surface area contributed by atoms with Gasteiger partial charge in [0.15, 0.2) is 0 Å². The fraction of sp³-hybridized carbons (Fsp3) is 0.462. The molecule has 2 rings (SSSR count). The van der Waals surface area contributed by atoms with E-state index >= 15 is 0 Å². The molecule has 1 fully saturated rings. The van der Waals surface area contributed by atoms with Gasteiger partial charge in [0.1, 0.15) is 11.3 Å². The van der Waals surface area contributed by atoms with E-state index in [0.717, 1.165) is 12.8 Å². The maximum Gasteiger partial charge on any atom is 0.241 e. The van der Waals surface area contributed by atoms with E-state index in [-0.39, 0.29) is 4.90 Å². The molecule has 1 aliphatic carbocycles. The van der Waals surface area contributed by atoms with Gasteiger partial charge in [-0.2, -0.15) is 9.98 Å². The minimum Gasteiger partial charge on any atom is -0.497 e. The van der Waals surface area contributed by atoms with Crippen LogP contribution in [-0.4, -0.2) is 21.1 Å². The molecule has 1 aromatic rings. The van der Waals surface area contributed by atoms with Crippen LogP contribution in [0.2, 0.25) is 0 Å². The number of ether oxygens (including phenoxy) is 1. The Morgan fingerprint density at radius 2 is 1.84 bits per heavy atom. The molecule has 1 N–H and O–H groups in total. The molecule has 0 heterocycles. The zero-order chi connectivity index (χ0) is 13.9. The number of nitriles is 1. The summed E-state index contributed by atoms with van der Waals surface area (Å²) in [6.45, 7) is 0. The molecule has 0 bridgehead atoms. The van der Waals surface area contributed by atoms with Crippen LogP contribution in [0.4, 0.5) is 0 Å². The first kappa shape index (κ1) is 13.8. The van der Waals surface area contributed by atoms with Crippen molar-refractivity contribution in [2.75, 3.05) is 7.11 Å². The summed E-state index contributed by atoms with van der Waals surface area (Å²) < 4.78 is 32.0. The average molecular weight is 280 g/mol. The van der Waals surface area contributed by atoms with Crippen LogP contribution in [0.3, 0.4) is 0 Å². The highest BCUT2D eigenvalue weighted by Crippen LogP contribution is 2.30. The molecule has 0 aliphatic heterocycles. The summed E-state index contributed by atoms with van der Waals surface area (Å²) in [6.07, 6.45) is 2.88. The van der Waals surface area contributed by atoms with Crippen LogP contribution < -0.4 is 9.46 Å². The Hall–Kier alpha value is -1.58. The SMILES string of the molecule is COc1ccc(S(=O)(=O)NC2(C#N)CCCC2)cc1. The molecule has 5 nitrogen and oxygen atoms in total. The van der Waals surface area contributed by atoms with Crippen LogP contribution in [0.5, 0.6) is 5.75 Å². The van der Waals surface area contributed by atoms with Crippen LogP contribution in [0.1, 0.15) is 25.7 Å². The third-order valence-corrected chi connectivity index (χ3v) is 4.92. The Morgan fingerprint density at radius 1 is 1.26 bits per heavy atom. The molecular formula is C13H16N2O3S. The van der Waals surface area contributed by atoms with Crippen molar-refractivity contribution in [1.29, 1.82) is 5.26 Å². The van der Waals surface area contributed by atoms with E-state index in [1.165, 1.54) is 19.2 Å². The van der Waals surface area contributed by atoms with E-state index in [0.29, 0.717) is 18.6 Å². The summed E-state index contributed by atoms with van der Waals surface area (Å²) in [5.74, 6) is 0.592. The zero-order valence-corrected chi connectivity index (χ0v) is 11.5. The second-order valence-corrected chi connectivity index (χ2v) is 6.36. The molecule has 0 spiro atoms. The lowest BCUT2D eigenvalue weighted by Crippen LogP contribution is -2.44. The number of rotatable bonds is 4. The molecule has 6 heteroatoms. The highest BCUT2D eigenvalue weighted by Gasteiger charge is 2.38. The van der Waals surface area contributed by atoms with Crippen molar-refractivity contribution in [1.82, 2.24) is 4.72 Å². The van der Waals surface area contributed by atoms with Crippen LogP contribution in [0.25, 0.3) is 0 Å². The van der Waals surface area contributed by atoms with Crippen LogP contribution in [0, 0.1) is 11.3 Å². The smallest absolute Gasteiger partial charge is 0.241 e. The first-order chi connectivity index (χ1) is 9.01. The predicted octanol–water partition coefficient (Wildman–Crippen LogP) is 1.81. The van der Waals surface area contributed by atoms with Crippen molar-refractivity contribution in [2.24, 2.45) is 0 Å². The molecular weight excluding hydrogens is 264 g/mol. The Balaban J connectivity index is 2.24. The van der Waals surface area contributed by atoms with E-state index in [1.54, 1.807) is 12.1 Å². The summed E-state index contributed by atoms with van der Waals surface area (Å²) in [6, 6.07) is 8.23. The van der Waals surface area contributed by atoms with Crippen molar-refractivity contribution in [3.8, 4) is 11.8 Å². The van der Waals surface area contributed by atoms with Crippen LogP contribution in [0.15, 0.2) is 29.2 Å². The second-order valence-electron chi connectivity index (χ2n) is 4.68. The summed E-state index contributed by atoms with van der Waals surface area (Å²) in [5, 5.41) is 9.21. The minimum atomic E-state index is -3.67. The Kier molecular flexibility index (Phi) is 3.78. The highest BCUT2D eigenvalue weighted by atomic mass is 32.2. The first-order valence-electron chi connectivity index (χ1n) is 6.11. The number of benzene rings is 1.